The Morgan fingerprint density at radius 1 is 1.19 bits per heavy atom. The monoisotopic (exact) mass is 352 g/mol. The fourth-order valence-electron chi connectivity index (χ4n) is 2.83. The maximum Gasteiger partial charge on any atom is 0.257 e. The minimum Gasteiger partial charge on any atom is -0.341 e. The molecule has 0 saturated heterocycles. The standard InChI is InChI=1S/C20H21FN4O/c1-3-19-18(14-23-25(19)17-9-7-15(21)8-10-17)20(26)24(2)13-11-16-6-4-5-12-22-16/h4-10,12,14H,3,11,13H2,1-2H3. The van der Waals surface area contributed by atoms with Crippen LogP contribution < -0.4 is 0 Å². The molecule has 5 nitrogen and oxygen atoms in total. The van der Waals surface area contributed by atoms with Gasteiger partial charge in [-0.1, -0.05) is 13.0 Å². The molecule has 3 aromatic rings. The number of hydrogen-bond acceptors (Lipinski definition) is 3. The Bertz CT molecular complexity index is 875. The van der Waals surface area contributed by atoms with Gasteiger partial charge in [0.2, 0.25) is 0 Å². The third-order valence-electron chi connectivity index (χ3n) is 4.28. The van der Waals surface area contributed by atoms with Gasteiger partial charge in [0, 0.05) is 31.9 Å². The van der Waals surface area contributed by atoms with Crippen LogP contribution in [0.3, 0.4) is 0 Å². The maximum atomic E-state index is 13.2. The number of likely N-dealkylation sites (N-methyl/N-ethyl adjacent to an activating group) is 1. The summed E-state index contributed by atoms with van der Waals surface area (Å²) < 4.78 is 14.8. The summed E-state index contributed by atoms with van der Waals surface area (Å²) in [5.41, 5.74) is 3.06. The first-order valence-electron chi connectivity index (χ1n) is 8.58. The Labute approximate surface area is 152 Å². The van der Waals surface area contributed by atoms with E-state index in [2.05, 4.69) is 10.1 Å². The van der Waals surface area contributed by atoms with E-state index >= 15 is 0 Å². The molecule has 0 spiro atoms. The molecule has 0 bridgehead atoms. The van der Waals surface area contributed by atoms with Crippen molar-refractivity contribution < 1.29 is 9.18 Å². The van der Waals surface area contributed by atoms with E-state index in [1.807, 2.05) is 25.1 Å². The number of pyridine rings is 1. The van der Waals surface area contributed by atoms with E-state index in [0.29, 0.717) is 24.9 Å². The number of amides is 1. The zero-order valence-corrected chi connectivity index (χ0v) is 14.9. The van der Waals surface area contributed by atoms with Crippen molar-refractivity contribution in [3.8, 4) is 5.69 Å². The SMILES string of the molecule is CCc1c(C(=O)N(C)CCc2ccccn2)cnn1-c1ccc(F)cc1. The first kappa shape index (κ1) is 17.8. The van der Waals surface area contributed by atoms with Crippen molar-refractivity contribution in [3.63, 3.8) is 0 Å². The predicted molar refractivity (Wildman–Crippen MR) is 97.8 cm³/mol. The van der Waals surface area contributed by atoms with Crippen LogP contribution in [0.15, 0.2) is 54.9 Å². The molecule has 2 heterocycles. The molecule has 3 rings (SSSR count). The van der Waals surface area contributed by atoms with Gasteiger partial charge in [-0.3, -0.25) is 9.78 Å². The molecule has 26 heavy (non-hydrogen) atoms. The van der Waals surface area contributed by atoms with Gasteiger partial charge >= 0.3 is 0 Å². The molecule has 0 aliphatic rings. The average molecular weight is 352 g/mol. The van der Waals surface area contributed by atoms with Crippen LogP contribution in [-0.4, -0.2) is 39.2 Å². The van der Waals surface area contributed by atoms with Gasteiger partial charge in [-0.05, 0) is 42.8 Å². The fourth-order valence-corrected chi connectivity index (χ4v) is 2.83. The fraction of sp³-hybridized carbons (Fsp3) is 0.250. The number of carbonyl (C=O) groups is 1. The second-order valence-electron chi connectivity index (χ2n) is 6.04. The molecule has 134 valence electrons. The van der Waals surface area contributed by atoms with E-state index in [9.17, 15) is 9.18 Å². The molecular weight excluding hydrogens is 331 g/mol. The van der Waals surface area contributed by atoms with Crippen LogP contribution in [0.5, 0.6) is 0 Å². The summed E-state index contributed by atoms with van der Waals surface area (Å²) in [6, 6.07) is 11.8. The first-order chi connectivity index (χ1) is 12.6. The zero-order valence-electron chi connectivity index (χ0n) is 14.9. The molecule has 2 aromatic heterocycles. The number of aromatic nitrogens is 3. The van der Waals surface area contributed by atoms with Crippen LogP contribution in [0.4, 0.5) is 4.39 Å². The summed E-state index contributed by atoms with van der Waals surface area (Å²) >= 11 is 0. The summed E-state index contributed by atoms with van der Waals surface area (Å²) in [6.45, 7) is 2.54. The van der Waals surface area contributed by atoms with Crippen molar-refractivity contribution in [1.29, 1.82) is 0 Å². The highest BCUT2D eigenvalue weighted by atomic mass is 19.1. The van der Waals surface area contributed by atoms with Crippen molar-refractivity contribution >= 4 is 5.91 Å². The van der Waals surface area contributed by atoms with Crippen molar-refractivity contribution in [2.24, 2.45) is 0 Å². The van der Waals surface area contributed by atoms with Crippen molar-refractivity contribution in [2.75, 3.05) is 13.6 Å². The number of carbonyl (C=O) groups excluding carboxylic acids is 1. The lowest BCUT2D eigenvalue weighted by molar-refractivity contribution is 0.0795. The summed E-state index contributed by atoms with van der Waals surface area (Å²) in [6.07, 6.45) is 4.67. The Kier molecular flexibility index (Phi) is 5.41. The second-order valence-corrected chi connectivity index (χ2v) is 6.04. The molecule has 0 saturated carbocycles. The normalized spacial score (nSPS) is 10.7. The van der Waals surface area contributed by atoms with Crippen molar-refractivity contribution in [3.05, 3.63) is 77.6 Å². The second kappa shape index (κ2) is 7.91. The number of benzene rings is 1. The molecule has 6 heteroatoms. The summed E-state index contributed by atoms with van der Waals surface area (Å²) in [4.78, 5) is 18.8. The van der Waals surface area contributed by atoms with Crippen LogP contribution in [0.25, 0.3) is 5.69 Å². The van der Waals surface area contributed by atoms with Crippen LogP contribution in [-0.2, 0) is 12.8 Å². The quantitative estimate of drug-likeness (QED) is 0.684. The molecule has 0 aliphatic carbocycles. The zero-order chi connectivity index (χ0) is 18.5. The highest BCUT2D eigenvalue weighted by Gasteiger charge is 2.20. The Morgan fingerprint density at radius 2 is 1.96 bits per heavy atom. The smallest absolute Gasteiger partial charge is 0.257 e. The minimum absolute atomic E-state index is 0.0776. The molecule has 1 amide bonds. The highest BCUT2D eigenvalue weighted by molar-refractivity contribution is 5.95. The van der Waals surface area contributed by atoms with Crippen LogP contribution in [0.2, 0.25) is 0 Å². The summed E-state index contributed by atoms with van der Waals surface area (Å²) in [5, 5.41) is 4.34. The van der Waals surface area contributed by atoms with E-state index in [-0.39, 0.29) is 11.7 Å². The molecule has 0 unspecified atom stereocenters. The molecule has 1 aromatic carbocycles. The first-order valence-corrected chi connectivity index (χ1v) is 8.58. The maximum absolute atomic E-state index is 13.2. The molecule has 0 aliphatic heterocycles. The number of hydrogen-bond donors (Lipinski definition) is 0. The number of nitrogens with zero attached hydrogens (tertiary/aromatic N) is 4. The van der Waals surface area contributed by atoms with E-state index in [1.54, 1.807) is 41.2 Å². The lowest BCUT2D eigenvalue weighted by atomic mass is 10.1. The minimum atomic E-state index is -0.301. The molecule has 0 atom stereocenters. The summed E-state index contributed by atoms with van der Waals surface area (Å²) in [5.74, 6) is -0.379. The van der Waals surface area contributed by atoms with Crippen LogP contribution in [0, 0.1) is 5.82 Å². The molecule has 0 radical (unpaired) electrons. The third kappa shape index (κ3) is 3.79. The van der Waals surface area contributed by atoms with Gasteiger partial charge in [0.05, 0.1) is 23.1 Å². The van der Waals surface area contributed by atoms with Crippen molar-refractivity contribution in [1.82, 2.24) is 19.7 Å². The molecule has 0 fully saturated rings. The number of rotatable bonds is 6. The highest BCUT2D eigenvalue weighted by Crippen LogP contribution is 2.18. The van der Waals surface area contributed by atoms with Gasteiger partial charge in [0.25, 0.3) is 5.91 Å². The van der Waals surface area contributed by atoms with Gasteiger partial charge in [0.15, 0.2) is 0 Å². The van der Waals surface area contributed by atoms with Gasteiger partial charge in [-0.15, -0.1) is 0 Å². The van der Waals surface area contributed by atoms with Gasteiger partial charge in [-0.2, -0.15) is 5.10 Å². The predicted octanol–water partition coefficient (Wildman–Crippen LogP) is 3.28. The number of halogens is 1. The van der Waals surface area contributed by atoms with Crippen LogP contribution in [0.1, 0.15) is 28.7 Å². The largest absolute Gasteiger partial charge is 0.341 e. The Hall–Kier alpha value is -3.02. The van der Waals surface area contributed by atoms with E-state index in [1.165, 1.54) is 12.1 Å². The van der Waals surface area contributed by atoms with Crippen LogP contribution >= 0.6 is 0 Å². The van der Waals surface area contributed by atoms with Gasteiger partial charge in [-0.25, -0.2) is 9.07 Å². The van der Waals surface area contributed by atoms with Gasteiger partial charge in [0.1, 0.15) is 5.82 Å². The van der Waals surface area contributed by atoms with E-state index < -0.39 is 0 Å². The van der Waals surface area contributed by atoms with E-state index in [4.69, 9.17) is 0 Å². The Morgan fingerprint density at radius 3 is 2.62 bits per heavy atom. The van der Waals surface area contributed by atoms with E-state index in [0.717, 1.165) is 17.1 Å². The lowest BCUT2D eigenvalue weighted by Crippen LogP contribution is -2.29. The third-order valence-corrected chi connectivity index (χ3v) is 4.28. The van der Waals surface area contributed by atoms with Crippen molar-refractivity contribution in [2.45, 2.75) is 19.8 Å². The Balaban J connectivity index is 1.77. The summed E-state index contributed by atoms with van der Waals surface area (Å²) in [7, 11) is 1.78. The topological polar surface area (TPSA) is 51.0 Å². The molecule has 0 N–H and O–H groups in total. The lowest BCUT2D eigenvalue weighted by Gasteiger charge is -2.17. The average Bonchev–Trinajstić information content (AvgIpc) is 3.10. The van der Waals surface area contributed by atoms with Gasteiger partial charge < -0.3 is 4.90 Å². The molecular formula is C20H21FN4O.